The summed E-state index contributed by atoms with van der Waals surface area (Å²) in [5.74, 6) is -1.09. The second-order valence-corrected chi connectivity index (χ2v) is 6.38. The highest BCUT2D eigenvalue weighted by Crippen LogP contribution is 2.39. The predicted octanol–water partition coefficient (Wildman–Crippen LogP) is 2.71. The average molecular weight is 279 g/mol. The van der Waals surface area contributed by atoms with Gasteiger partial charge in [-0.25, -0.2) is 0 Å². The van der Waals surface area contributed by atoms with Crippen molar-refractivity contribution in [3.8, 4) is 0 Å². The third-order valence-electron chi connectivity index (χ3n) is 3.80. The number of hydrogen-bond donors (Lipinski definition) is 1. The van der Waals surface area contributed by atoms with Crippen LogP contribution in [0.5, 0.6) is 0 Å². The van der Waals surface area contributed by atoms with E-state index in [1.54, 1.807) is 6.07 Å². The molecule has 0 saturated carbocycles. The summed E-state index contributed by atoms with van der Waals surface area (Å²) < 4.78 is 0. The van der Waals surface area contributed by atoms with Gasteiger partial charge in [0.25, 0.3) is 11.7 Å². The molecule has 2 aliphatic heterocycles. The van der Waals surface area contributed by atoms with Gasteiger partial charge in [-0.1, -0.05) is 25.4 Å². The highest BCUT2D eigenvalue weighted by molar-refractivity contribution is 6.52. The number of fused-ring (bicyclic) bond motifs is 1. The summed E-state index contributed by atoms with van der Waals surface area (Å²) in [4.78, 5) is 25.2. The molecule has 1 fully saturated rings. The maximum atomic E-state index is 11.6. The summed E-state index contributed by atoms with van der Waals surface area (Å²) in [6, 6.07) is 3.40. The van der Waals surface area contributed by atoms with Crippen LogP contribution in [0, 0.1) is 5.41 Å². The molecule has 1 amide bonds. The van der Waals surface area contributed by atoms with E-state index in [0.717, 1.165) is 25.2 Å². The van der Waals surface area contributed by atoms with Crippen molar-refractivity contribution in [3.63, 3.8) is 0 Å². The third-order valence-corrected chi connectivity index (χ3v) is 4.11. The number of anilines is 2. The van der Waals surface area contributed by atoms with Crippen LogP contribution in [0.2, 0.25) is 5.02 Å². The van der Waals surface area contributed by atoms with E-state index in [2.05, 4.69) is 24.1 Å². The standard InChI is InChI=1S/C14H15ClN2O2/c1-14(2)3-4-17(7-14)11-6-10-8(5-9(11)15)12(18)13(19)16-10/h5-6H,3-4,7H2,1-2H3,(H,16,18,19). The van der Waals surface area contributed by atoms with Gasteiger partial charge in [-0.2, -0.15) is 0 Å². The zero-order chi connectivity index (χ0) is 13.8. The second-order valence-electron chi connectivity index (χ2n) is 5.97. The van der Waals surface area contributed by atoms with E-state index in [9.17, 15) is 9.59 Å². The number of amides is 1. The van der Waals surface area contributed by atoms with E-state index < -0.39 is 11.7 Å². The number of Topliss-reactive ketones (excluding diaryl/α,β-unsaturated/α-hetero) is 1. The lowest BCUT2D eigenvalue weighted by Crippen LogP contribution is -2.23. The van der Waals surface area contributed by atoms with E-state index in [-0.39, 0.29) is 5.41 Å². The number of rotatable bonds is 1. The van der Waals surface area contributed by atoms with Gasteiger partial charge < -0.3 is 10.2 Å². The molecular weight excluding hydrogens is 264 g/mol. The Morgan fingerprint density at radius 1 is 1.32 bits per heavy atom. The normalized spacial score (nSPS) is 20.7. The number of benzene rings is 1. The van der Waals surface area contributed by atoms with Crippen LogP contribution in [0.1, 0.15) is 30.6 Å². The van der Waals surface area contributed by atoms with Gasteiger partial charge in [-0.3, -0.25) is 9.59 Å². The van der Waals surface area contributed by atoms with Crippen LogP contribution in [0.3, 0.4) is 0 Å². The Balaban J connectivity index is 1.99. The smallest absolute Gasteiger partial charge is 0.296 e. The van der Waals surface area contributed by atoms with Crippen molar-refractivity contribution in [2.75, 3.05) is 23.3 Å². The molecule has 100 valence electrons. The lowest BCUT2D eigenvalue weighted by molar-refractivity contribution is -0.112. The minimum absolute atomic E-state index is 0.265. The molecule has 3 rings (SSSR count). The van der Waals surface area contributed by atoms with Gasteiger partial charge in [0, 0.05) is 13.1 Å². The van der Waals surface area contributed by atoms with Crippen LogP contribution in [-0.2, 0) is 4.79 Å². The minimum atomic E-state index is -0.579. The summed E-state index contributed by atoms with van der Waals surface area (Å²) in [6.45, 7) is 6.31. The first-order chi connectivity index (χ1) is 8.87. The highest BCUT2D eigenvalue weighted by atomic mass is 35.5. The maximum Gasteiger partial charge on any atom is 0.296 e. The molecule has 0 bridgehead atoms. The first kappa shape index (κ1) is 12.5. The van der Waals surface area contributed by atoms with Crippen molar-refractivity contribution in [2.45, 2.75) is 20.3 Å². The van der Waals surface area contributed by atoms with Gasteiger partial charge in [-0.05, 0) is 24.0 Å². The summed E-state index contributed by atoms with van der Waals surface area (Å²) in [6.07, 6.45) is 1.10. The van der Waals surface area contributed by atoms with Crippen molar-refractivity contribution in [1.82, 2.24) is 0 Å². The van der Waals surface area contributed by atoms with Crippen LogP contribution >= 0.6 is 11.6 Å². The molecule has 1 N–H and O–H groups in total. The monoisotopic (exact) mass is 278 g/mol. The molecule has 0 radical (unpaired) electrons. The molecule has 19 heavy (non-hydrogen) atoms. The first-order valence-corrected chi connectivity index (χ1v) is 6.69. The minimum Gasteiger partial charge on any atom is -0.370 e. The maximum absolute atomic E-state index is 11.6. The Labute approximate surface area is 116 Å². The molecule has 1 aromatic rings. The van der Waals surface area contributed by atoms with Crippen LogP contribution in [-0.4, -0.2) is 24.8 Å². The number of nitrogens with one attached hydrogen (secondary N) is 1. The molecule has 2 heterocycles. The lowest BCUT2D eigenvalue weighted by Gasteiger charge is -2.23. The topological polar surface area (TPSA) is 49.4 Å². The second kappa shape index (κ2) is 3.97. The van der Waals surface area contributed by atoms with Gasteiger partial charge in [0.05, 0.1) is 22.0 Å². The predicted molar refractivity (Wildman–Crippen MR) is 75.0 cm³/mol. The SMILES string of the molecule is CC1(C)CCN(c2cc3c(cc2Cl)C(=O)C(=O)N3)C1. The Hall–Kier alpha value is -1.55. The number of ketones is 1. The zero-order valence-corrected chi connectivity index (χ0v) is 11.7. The molecular formula is C14H15ClN2O2. The zero-order valence-electron chi connectivity index (χ0n) is 10.9. The van der Waals surface area contributed by atoms with E-state index >= 15 is 0 Å². The van der Waals surface area contributed by atoms with Crippen molar-refractivity contribution in [3.05, 3.63) is 22.7 Å². The summed E-state index contributed by atoms with van der Waals surface area (Å²) in [5.41, 5.74) is 2.10. The van der Waals surface area contributed by atoms with Crippen LogP contribution in [0.4, 0.5) is 11.4 Å². The molecule has 0 atom stereocenters. The molecule has 1 aromatic carbocycles. The molecule has 0 unspecified atom stereocenters. The Kier molecular flexibility index (Phi) is 2.61. The quantitative estimate of drug-likeness (QED) is 0.804. The van der Waals surface area contributed by atoms with E-state index in [4.69, 9.17) is 11.6 Å². The van der Waals surface area contributed by atoms with Gasteiger partial charge in [0.2, 0.25) is 0 Å². The molecule has 0 aliphatic carbocycles. The average Bonchev–Trinajstić information content (AvgIpc) is 2.81. The molecule has 5 heteroatoms. The van der Waals surface area contributed by atoms with Crippen molar-refractivity contribution in [1.29, 1.82) is 0 Å². The third kappa shape index (κ3) is 2.00. The fourth-order valence-corrected chi connectivity index (χ4v) is 3.00. The molecule has 2 aliphatic rings. The van der Waals surface area contributed by atoms with Gasteiger partial charge in [0.1, 0.15) is 0 Å². The summed E-state index contributed by atoms with van der Waals surface area (Å²) >= 11 is 6.26. The summed E-state index contributed by atoms with van der Waals surface area (Å²) in [7, 11) is 0. The number of nitrogens with zero attached hydrogens (tertiary/aromatic N) is 1. The Morgan fingerprint density at radius 3 is 2.68 bits per heavy atom. The first-order valence-electron chi connectivity index (χ1n) is 6.32. The van der Waals surface area contributed by atoms with Crippen LogP contribution in [0.25, 0.3) is 0 Å². The van der Waals surface area contributed by atoms with Crippen LogP contribution < -0.4 is 10.2 Å². The number of halogens is 1. The molecule has 0 aromatic heterocycles. The van der Waals surface area contributed by atoms with Gasteiger partial charge >= 0.3 is 0 Å². The van der Waals surface area contributed by atoms with Gasteiger partial charge in [-0.15, -0.1) is 0 Å². The molecule has 1 saturated heterocycles. The van der Waals surface area contributed by atoms with E-state index in [1.165, 1.54) is 0 Å². The van der Waals surface area contributed by atoms with E-state index in [1.807, 2.05) is 6.07 Å². The lowest BCUT2D eigenvalue weighted by atomic mass is 9.93. The fraction of sp³-hybridized carbons (Fsp3) is 0.429. The van der Waals surface area contributed by atoms with Crippen molar-refractivity contribution in [2.24, 2.45) is 5.41 Å². The van der Waals surface area contributed by atoms with Gasteiger partial charge in [0.15, 0.2) is 0 Å². The highest BCUT2D eigenvalue weighted by Gasteiger charge is 2.33. The number of carbonyl (C=O) groups is 2. The van der Waals surface area contributed by atoms with Crippen molar-refractivity contribution >= 4 is 34.7 Å². The van der Waals surface area contributed by atoms with Crippen LogP contribution in [0.15, 0.2) is 12.1 Å². The summed E-state index contributed by atoms with van der Waals surface area (Å²) in [5, 5.41) is 3.11. The largest absolute Gasteiger partial charge is 0.370 e. The molecule has 0 spiro atoms. The Morgan fingerprint density at radius 2 is 2.05 bits per heavy atom. The van der Waals surface area contributed by atoms with E-state index in [0.29, 0.717) is 16.3 Å². The number of carbonyl (C=O) groups excluding carboxylic acids is 2. The van der Waals surface area contributed by atoms with Crippen molar-refractivity contribution < 1.29 is 9.59 Å². The Bertz CT molecular complexity index is 595. The fourth-order valence-electron chi connectivity index (χ4n) is 2.71. The molecule has 4 nitrogen and oxygen atoms in total. The number of hydrogen-bond acceptors (Lipinski definition) is 3.